The summed E-state index contributed by atoms with van der Waals surface area (Å²) in [6.07, 6.45) is 3.17. The predicted molar refractivity (Wildman–Crippen MR) is 69.7 cm³/mol. The summed E-state index contributed by atoms with van der Waals surface area (Å²) in [4.78, 5) is 29.4. The fraction of sp³-hybridized carbons (Fsp3) is 0.583. The maximum absolute atomic E-state index is 11.7. The fourth-order valence-corrected chi connectivity index (χ4v) is 1.39. The average molecular weight is 268 g/mol. The molecule has 0 aromatic carbocycles. The van der Waals surface area contributed by atoms with Crippen LogP contribution in [0.4, 0.5) is 4.79 Å². The number of amides is 2. The molecule has 0 bridgehead atoms. The molecule has 0 spiro atoms. The predicted octanol–water partition coefficient (Wildman–Crippen LogP) is 0.749. The highest BCUT2D eigenvalue weighted by Crippen LogP contribution is 2.01. The number of hydrogen-bond acceptors (Lipinski definition) is 3. The summed E-state index contributed by atoms with van der Waals surface area (Å²) < 4.78 is 0. The van der Waals surface area contributed by atoms with Crippen molar-refractivity contribution in [2.24, 2.45) is 5.92 Å². The first-order chi connectivity index (χ1) is 8.90. The first-order valence-electron chi connectivity index (χ1n) is 6.17. The maximum Gasteiger partial charge on any atom is 0.326 e. The van der Waals surface area contributed by atoms with Gasteiger partial charge in [0.1, 0.15) is 6.04 Å². The molecule has 4 N–H and O–H groups in total. The molecule has 0 radical (unpaired) electrons. The first kappa shape index (κ1) is 15.0. The van der Waals surface area contributed by atoms with E-state index in [9.17, 15) is 9.59 Å². The van der Waals surface area contributed by atoms with Gasteiger partial charge >= 0.3 is 12.0 Å². The van der Waals surface area contributed by atoms with Crippen molar-refractivity contribution < 1.29 is 14.7 Å². The number of nitrogens with zero attached hydrogens (tertiary/aromatic N) is 1. The lowest BCUT2D eigenvalue weighted by Gasteiger charge is -2.20. The Morgan fingerprint density at radius 2 is 2.05 bits per heavy atom. The lowest BCUT2D eigenvalue weighted by Crippen LogP contribution is -2.50. The Morgan fingerprint density at radius 1 is 1.37 bits per heavy atom. The standard InChI is InChI=1S/C12H20N4O3/c1-7(2)8(3)15-12(19)16-10(11(17)18)4-9-5-13-6-14-9/h5-8,10H,4H2,1-3H3,(H,13,14)(H,17,18)(H2,15,16,19)/t8?,10-/m1/s1. The van der Waals surface area contributed by atoms with Gasteiger partial charge in [0.05, 0.1) is 6.33 Å². The number of carboxylic acid groups (broad SMARTS) is 1. The topological polar surface area (TPSA) is 107 Å². The number of H-pyrrole nitrogens is 1. The van der Waals surface area contributed by atoms with Crippen LogP contribution in [0.5, 0.6) is 0 Å². The van der Waals surface area contributed by atoms with Crippen molar-refractivity contribution in [3.8, 4) is 0 Å². The molecule has 1 aromatic heterocycles. The number of aromatic amines is 1. The summed E-state index contributed by atoms with van der Waals surface area (Å²) in [6.45, 7) is 5.82. The number of hydrogen-bond donors (Lipinski definition) is 4. The van der Waals surface area contributed by atoms with Crippen molar-refractivity contribution >= 4 is 12.0 Å². The normalized spacial score (nSPS) is 13.9. The van der Waals surface area contributed by atoms with Crippen LogP contribution >= 0.6 is 0 Å². The Balaban J connectivity index is 2.54. The molecule has 1 rings (SSSR count). The minimum Gasteiger partial charge on any atom is -0.480 e. The first-order valence-corrected chi connectivity index (χ1v) is 6.17. The molecule has 0 aliphatic rings. The van der Waals surface area contributed by atoms with E-state index in [0.717, 1.165) is 0 Å². The summed E-state index contributed by atoms with van der Waals surface area (Å²) in [7, 11) is 0. The van der Waals surface area contributed by atoms with E-state index >= 15 is 0 Å². The average Bonchev–Trinajstić information content (AvgIpc) is 2.80. The van der Waals surface area contributed by atoms with Crippen LogP contribution in [0.3, 0.4) is 0 Å². The van der Waals surface area contributed by atoms with E-state index in [1.807, 2.05) is 20.8 Å². The summed E-state index contributed by atoms with van der Waals surface area (Å²) in [5.74, 6) is -0.802. The van der Waals surface area contributed by atoms with Gasteiger partial charge in [-0.05, 0) is 12.8 Å². The van der Waals surface area contributed by atoms with Crippen LogP contribution in [0.2, 0.25) is 0 Å². The van der Waals surface area contributed by atoms with Gasteiger partial charge in [-0.3, -0.25) is 0 Å². The number of aliphatic carboxylic acids is 1. The van der Waals surface area contributed by atoms with Gasteiger partial charge in [0.2, 0.25) is 0 Å². The maximum atomic E-state index is 11.7. The molecular weight excluding hydrogens is 248 g/mol. The largest absolute Gasteiger partial charge is 0.480 e. The lowest BCUT2D eigenvalue weighted by atomic mass is 10.1. The molecule has 1 heterocycles. The Kier molecular flexibility index (Phi) is 5.35. The molecule has 1 unspecified atom stereocenters. The van der Waals surface area contributed by atoms with E-state index < -0.39 is 18.0 Å². The fourth-order valence-electron chi connectivity index (χ4n) is 1.39. The summed E-state index contributed by atoms with van der Waals surface area (Å²) in [6, 6.07) is -1.49. The van der Waals surface area contributed by atoms with Crippen molar-refractivity contribution in [1.82, 2.24) is 20.6 Å². The van der Waals surface area contributed by atoms with Crippen LogP contribution in [0.15, 0.2) is 12.5 Å². The Bertz CT molecular complexity index is 417. The van der Waals surface area contributed by atoms with Gasteiger partial charge in [-0.2, -0.15) is 0 Å². The van der Waals surface area contributed by atoms with Crippen LogP contribution in [0, 0.1) is 5.92 Å². The second-order valence-electron chi connectivity index (χ2n) is 4.82. The van der Waals surface area contributed by atoms with E-state index in [0.29, 0.717) is 5.69 Å². The van der Waals surface area contributed by atoms with Crippen molar-refractivity contribution in [3.05, 3.63) is 18.2 Å². The molecule has 7 nitrogen and oxygen atoms in total. The molecule has 0 aliphatic heterocycles. The molecule has 7 heteroatoms. The summed E-state index contributed by atoms with van der Waals surface area (Å²) >= 11 is 0. The number of imidazole rings is 1. The van der Waals surface area contributed by atoms with Crippen LogP contribution in [-0.4, -0.2) is 39.2 Å². The van der Waals surface area contributed by atoms with Gasteiger partial charge < -0.3 is 20.7 Å². The molecule has 19 heavy (non-hydrogen) atoms. The van der Waals surface area contributed by atoms with Crippen molar-refractivity contribution in [1.29, 1.82) is 0 Å². The third kappa shape index (κ3) is 4.99. The molecule has 2 atom stereocenters. The SMILES string of the molecule is CC(C)C(C)NC(=O)N[C@H](Cc1cnc[nH]1)C(=O)O. The highest BCUT2D eigenvalue weighted by Gasteiger charge is 2.22. The van der Waals surface area contributed by atoms with E-state index in [1.165, 1.54) is 12.5 Å². The zero-order chi connectivity index (χ0) is 14.4. The molecule has 106 valence electrons. The van der Waals surface area contributed by atoms with Crippen molar-refractivity contribution in [3.63, 3.8) is 0 Å². The number of rotatable bonds is 6. The molecule has 2 amide bonds. The van der Waals surface area contributed by atoms with Gasteiger partial charge in [0.25, 0.3) is 0 Å². The van der Waals surface area contributed by atoms with Crippen LogP contribution < -0.4 is 10.6 Å². The highest BCUT2D eigenvalue weighted by atomic mass is 16.4. The molecule has 0 fully saturated rings. The Morgan fingerprint density at radius 3 is 2.53 bits per heavy atom. The zero-order valence-electron chi connectivity index (χ0n) is 11.3. The third-order valence-electron chi connectivity index (χ3n) is 2.94. The Labute approximate surface area is 111 Å². The Hall–Kier alpha value is -2.05. The summed E-state index contributed by atoms with van der Waals surface area (Å²) in [5, 5.41) is 14.2. The summed E-state index contributed by atoms with van der Waals surface area (Å²) in [5.41, 5.74) is 0.657. The molecule has 0 aliphatic carbocycles. The molecular formula is C12H20N4O3. The number of urea groups is 1. The van der Waals surface area contributed by atoms with Gasteiger partial charge in [-0.15, -0.1) is 0 Å². The van der Waals surface area contributed by atoms with Crippen LogP contribution in [-0.2, 0) is 11.2 Å². The van der Waals surface area contributed by atoms with Crippen molar-refractivity contribution in [2.45, 2.75) is 39.3 Å². The molecule has 1 aromatic rings. The van der Waals surface area contributed by atoms with Crippen LogP contribution in [0.25, 0.3) is 0 Å². The molecule has 0 saturated heterocycles. The minimum absolute atomic E-state index is 0.0263. The van der Waals surface area contributed by atoms with Crippen LogP contribution in [0.1, 0.15) is 26.5 Å². The van der Waals surface area contributed by atoms with E-state index in [1.54, 1.807) is 0 Å². The minimum atomic E-state index is -1.08. The van der Waals surface area contributed by atoms with E-state index in [4.69, 9.17) is 5.11 Å². The second-order valence-corrected chi connectivity index (χ2v) is 4.82. The third-order valence-corrected chi connectivity index (χ3v) is 2.94. The van der Waals surface area contributed by atoms with Gasteiger partial charge in [0, 0.05) is 24.4 Å². The molecule has 0 saturated carbocycles. The van der Waals surface area contributed by atoms with Crippen molar-refractivity contribution in [2.75, 3.05) is 0 Å². The number of carbonyl (C=O) groups excluding carboxylic acids is 1. The second kappa shape index (κ2) is 6.77. The van der Waals surface area contributed by atoms with E-state index in [2.05, 4.69) is 20.6 Å². The highest BCUT2D eigenvalue weighted by molar-refractivity contribution is 5.82. The van der Waals surface area contributed by atoms with Gasteiger partial charge in [-0.1, -0.05) is 13.8 Å². The van der Waals surface area contributed by atoms with Gasteiger partial charge in [0.15, 0.2) is 0 Å². The smallest absolute Gasteiger partial charge is 0.326 e. The number of carbonyl (C=O) groups is 2. The van der Waals surface area contributed by atoms with Gasteiger partial charge in [-0.25, -0.2) is 14.6 Å². The number of nitrogens with one attached hydrogen (secondary N) is 3. The number of carboxylic acids is 1. The van der Waals surface area contributed by atoms with E-state index in [-0.39, 0.29) is 18.4 Å². The lowest BCUT2D eigenvalue weighted by molar-refractivity contribution is -0.139. The monoisotopic (exact) mass is 268 g/mol. The zero-order valence-corrected chi connectivity index (χ0v) is 11.3. The number of aromatic nitrogens is 2. The quantitative estimate of drug-likeness (QED) is 0.610.